The molecule has 1 nitrogen and oxygen atoms in total. The molecule has 0 radical (unpaired) electrons. The SMILES string of the molecule is O=C1CC(c2ccccc2)(c2ccccc2)C1/C=C/c1ccccc1. The van der Waals surface area contributed by atoms with E-state index >= 15 is 0 Å². The molecule has 1 aliphatic rings. The largest absolute Gasteiger partial charge is 0.299 e. The van der Waals surface area contributed by atoms with Crippen molar-refractivity contribution in [3.63, 3.8) is 0 Å². The Labute approximate surface area is 148 Å². The van der Waals surface area contributed by atoms with Crippen LogP contribution in [0.1, 0.15) is 23.1 Å². The molecule has 0 aliphatic heterocycles. The van der Waals surface area contributed by atoms with Crippen molar-refractivity contribution in [2.75, 3.05) is 0 Å². The maximum absolute atomic E-state index is 12.6. The average Bonchev–Trinajstić information content (AvgIpc) is 2.68. The Morgan fingerprint density at radius 1 is 0.720 bits per heavy atom. The predicted molar refractivity (Wildman–Crippen MR) is 102 cm³/mol. The molecule has 1 heteroatoms. The summed E-state index contributed by atoms with van der Waals surface area (Å²) in [5, 5.41) is 0. The van der Waals surface area contributed by atoms with Crippen LogP contribution >= 0.6 is 0 Å². The first-order chi connectivity index (χ1) is 12.3. The van der Waals surface area contributed by atoms with Gasteiger partial charge in [0.25, 0.3) is 0 Å². The predicted octanol–water partition coefficient (Wildman–Crippen LogP) is 5.28. The molecule has 0 N–H and O–H groups in total. The number of ketones is 1. The third kappa shape index (κ3) is 2.72. The van der Waals surface area contributed by atoms with Crippen molar-refractivity contribution >= 4 is 11.9 Å². The van der Waals surface area contributed by atoms with Crippen molar-refractivity contribution in [2.24, 2.45) is 5.92 Å². The molecule has 1 aliphatic carbocycles. The molecule has 0 spiro atoms. The van der Waals surface area contributed by atoms with E-state index in [2.05, 4.69) is 72.8 Å². The summed E-state index contributed by atoms with van der Waals surface area (Å²) in [6, 6.07) is 31.0. The minimum Gasteiger partial charge on any atom is -0.299 e. The van der Waals surface area contributed by atoms with Crippen LogP contribution in [0.5, 0.6) is 0 Å². The lowest BCUT2D eigenvalue weighted by molar-refractivity contribution is -0.131. The zero-order chi connectivity index (χ0) is 17.1. The quantitative estimate of drug-likeness (QED) is 0.638. The maximum Gasteiger partial charge on any atom is 0.142 e. The number of carbonyl (C=O) groups excluding carboxylic acids is 1. The van der Waals surface area contributed by atoms with Crippen LogP contribution in [0.2, 0.25) is 0 Å². The highest BCUT2D eigenvalue weighted by molar-refractivity contribution is 5.95. The van der Waals surface area contributed by atoms with Crippen LogP contribution < -0.4 is 0 Å². The minimum atomic E-state index is -0.259. The number of rotatable bonds is 4. The molecular weight excluding hydrogens is 304 g/mol. The van der Waals surface area contributed by atoms with Crippen LogP contribution in [0.25, 0.3) is 6.08 Å². The molecular formula is C24H20O. The van der Waals surface area contributed by atoms with Crippen molar-refractivity contribution in [1.82, 2.24) is 0 Å². The van der Waals surface area contributed by atoms with Crippen LogP contribution in [0.4, 0.5) is 0 Å². The van der Waals surface area contributed by atoms with Crippen molar-refractivity contribution in [3.05, 3.63) is 114 Å². The highest BCUT2D eigenvalue weighted by Crippen LogP contribution is 2.52. The van der Waals surface area contributed by atoms with Crippen molar-refractivity contribution < 1.29 is 4.79 Å². The number of carbonyl (C=O) groups is 1. The molecule has 3 aromatic carbocycles. The standard InChI is InChI=1S/C24H20O/c25-23-18-24(20-12-6-2-7-13-20,21-14-8-3-9-15-21)22(23)17-16-19-10-4-1-5-11-19/h1-17,22H,18H2/b17-16+. The zero-order valence-electron chi connectivity index (χ0n) is 14.0. The molecule has 1 atom stereocenters. The lowest BCUT2D eigenvalue weighted by Crippen LogP contribution is -2.52. The number of hydrogen-bond acceptors (Lipinski definition) is 1. The van der Waals surface area contributed by atoms with E-state index < -0.39 is 0 Å². The molecule has 3 aromatic rings. The van der Waals surface area contributed by atoms with Crippen LogP contribution in [0.3, 0.4) is 0 Å². The van der Waals surface area contributed by atoms with Crippen molar-refractivity contribution in [1.29, 1.82) is 0 Å². The first-order valence-electron chi connectivity index (χ1n) is 8.68. The smallest absolute Gasteiger partial charge is 0.142 e. The normalized spacial score (nSPS) is 18.9. The molecule has 4 rings (SSSR count). The molecule has 1 saturated carbocycles. The molecule has 25 heavy (non-hydrogen) atoms. The number of benzene rings is 3. The van der Waals surface area contributed by atoms with E-state index in [1.54, 1.807) is 0 Å². The van der Waals surface area contributed by atoms with Gasteiger partial charge in [0.05, 0.1) is 5.92 Å². The Bertz CT molecular complexity index is 840. The van der Waals surface area contributed by atoms with Gasteiger partial charge in [-0.2, -0.15) is 0 Å². The van der Waals surface area contributed by atoms with E-state index in [0.29, 0.717) is 12.2 Å². The van der Waals surface area contributed by atoms with Gasteiger partial charge in [0.15, 0.2) is 0 Å². The van der Waals surface area contributed by atoms with E-state index in [1.165, 1.54) is 11.1 Å². The van der Waals surface area contributed by atoms with Crippen molar-refractivity contribution in [3.8, 4) is 0 Å². The first-order valence-corrected chi connectivity index (χ1v) is 8.68. The molecule has 0 bridgehead atoms. The minimum absolute atomic E-state index is 0.127. The summed E-state index contributed by atoms with van der Waals surface area (Å²) >= 11 is 0. The molecule has 0 amide bonds. The molecule has 0 aromatic heterocycles. The maximum atomic E-state index is 12.6. The fourth-order valence-corrected chi connectivity index (χ4v) is 3.88. The van der Waals surface area contributed by atoms with Gasteiger partial charge in [-0.25, -0.2) is 0 Å². The highest BCUT2D eigenvalue weighted by Gasteiger charge is 2.54. The zero-order valence-corrected chi connectivity index (χ0v) is 14.0. The molecule has 122 valence electrons. The second-order valence-corrected chi connectivity index (χ2v) is 6.59. The lowest BCUT2D eigenvalue weighted by atomic mass is 9.52. The van der Waals surface area contributed by atoms with Gasteiger partial charge in [-0.05, 0) is 16.7 Å². The monoisotopic (exact) mass is 324 g/mol. The summed E-state index contributed by atoms with van der Waals surface area (Å²) in [6.45, 7) is 0. The van der Waals surface area contributed by atoms with E-state index in [0.717, 1.165) is 5.56 Å². The van der Waals surface area contributed by atoms with E-state index in [9.17, 15) is 4.79 Å². The summed E-state index contributed by atoms with van der Waals surface area (Å²) in [7, 11) is 0. The van der Waals surface area contributed by atoms with Gasteiger partial charge in [0.1, 0.15) is 5.78 Å². The Balaban J connectivity index is 1.79. The third-order valence-corrected chi connectivity index (χ3v) is 5.19. The summed E-state index contributed by atoms with van der Waals surface area (Å²) < 4.78 is 0. The lowest BCUT2D eigenvalue weighted by Gasteiger charge is -2.48. The van der Waals surface area contributed by atoms with Gasteiger partial charge in [-0.1, -0.05) is 103 Å². The highest BCUT2D eigenvalue weighted by atomic mass is 16.1. The Morgan fingerprint density at radius 2 is 1.20 bits per heavy atom. The fraction of sp³-hybridized carbons (Fsp3) is 0.125. The Morgan fingerprint density at radius 3 is 1.68 bits per heavy atom. The van der Waals surface area contributed by atoms with Crippen LogP contribution in [-0.4, -0.2) is 5.78 Å². The molecule has 0 saturated heterocycles. The van der Waals surface area contributed by atoms with Crippen LogP contribution in [0.15, 0.2) is 97.1 Å². The average molecular weight is 324 g/mol. The van der Waals surface area contributed by atoms with Gasteiger partial charge in [0, 0.05) is 11.8 Å². The number of hydrogen-bond donors (Lipinski definition) is 0. The topological polar surface area (TPSA) is 17.1 Å². The number of allylic oxidation sites excluding steroid dienone is 1. The van der Waals surface area contributed by atoms with Crippen LogP contribution in [-0.2, 0) is 10.2 Å². The van der Waals surface area contributed by atoms with E-state index in [4.69, 9.17) is 0 Å². The molecule has 1 fully saturated rings. The summed E-state index contributed by atoms with van der Waals surface area (Å²) in [5.74, 6) is 0.178. The van der Waals surface area contributed by atoms with Crippen LogP contribution in [0, 0.1) is 5.92 Å². The van der Waals surface area contributed by atoms with E-state index in [-0.39, 0.29) is 11.3 Å². The van der Waals surface area contributed by atoms with Gasteiger partial charge in [0.2, 0.25) is 0 Å². The summed E-state index contributed by atoms with van der Waals surface area (Å²) in [5.41, 5.74) is 3.29. The first kappa shape index (κ1) is 15.6. The van der Waals surface area contributed by atoms with E-state index in [1.807, 2.05) is 30.3 Å². The van der Waals surface area contributed by atoms with Gasteiger partial charge in [-0.3, -0.25) is 4.79 Å². The third-order valence-electron chi connectivity index (χ3n) is 5.19. The molecule has 1 unspecified atom stereocenters. The van der Waals surface area contributed by atoms with Gasteiger partial charge >= 0.3 is 0 Å². The number of Topliss-reactive ketones (excluding diaryl/α,β-unsaturated/α-hetero) is 1. The van der Waals surface area contributed by atoms with Crippen molar-refractivity contribution in [2.45, 2.75) is 11.8 Å². The van der Waals surface area contributed by atoms with Gasteiger partial charge in [-0.15, -0.1) is 0 Å². The fourth-order valence-electron chi connectivity index (χ4n) is 3.88. The second-order valence-electron chi connectivity index (χ2n) is 6.59. The molecule has 0 heterocycles. The second kappa shape index (κ2) is 6.52. The summed E-state index contributed by atoms with van der Waals surface area (Å²) in [4.78, 5) is 12.6. The Hall–Kier alpha value is -2.93. The van der Waals surface area contributed by atoms with Gasteiger partial charge < -0.3 is 0 Å². The summed E-state index contributed by atoms with van der Waals surface area (Å²) in [6.07, 6.45) is 4.72. The Kier molecular flexibility index (Phi) is 4.07.